The van der Waals surface area contributed by atoms with Gasteiger partial charge in [-0.05, 0) is 37.3 Å². The van der Waals surface area contributed by atoms with Gasteiger partial charge in [0.25, 0.3) is 5.91 Å². The number of nitrogens with zero attached hydrogens (tertiary/aromatic N) is 1. The maximum absolute atomic E-state index is 11.8. The first-order chi connectivity index (χ1) is 9.17. The molecular formula is C15H16N2O2. The molecule has 3 rings (SSSR count). The minimum Gasteiger partial charge on any atom is -0.461 e. The largest absolute Gasteiger partial charge is 0.461 e. The molecule has 2 atom stereocenters. The highest BCUT2D eigenvalue weighted by atomic mass is 16.3. The monoisotopic (exact) mass is 256 g/mol. The Morgan fingerprint density at radius 3 is 2.84 bits per heavy atom. The minimum atomic E-state index is -0.303. The Morgan fingerprint density at radius 1 is 1.53 bits per heavy atom. The zero-order valence-corrected chi connectivity index (χ0v) is 10.8. The molecule has 2 aliphatic carbocycles. The maximum Gasteiger partial charge on any atom is 0.262 e. The molecule has 0 aliphatic heterocycles. The first kappa shape index (κ1) is 12.0. The number of amides is 1. The molecule has 98 valence electrons. The summed E-state index contributed by atoms with van der Waals surface area (Å²) >= 11 is 0. The molecule has 2 fully saturated rings. The Balaban J connectivity index is 1.72. The molecule has 1 amide bonds. The van der Waals surface area contributed by atoms with Crippen LogP contribution in [0.15, 0.2) is 22.1 Å². The second-order valence-corrected chi connectivity index (χ2v) is 5.48. The van der Waals surface area contributed by atoms with E-state index in [1.807, 2.05) is 18.2 Å². The minimum absolute atomic E-state index is 0.108. The van der Waals surface area contributed by atoms with E-state index in [0.29, 0.717) is 17.6 Å². The quantitative estimate of drug-likeness (QED) is 0.665. The van der Waals surface area contributed by atoms with Gasteiger partial charge in [-0.15, -0.1) is 0 Å². The molecule has 4 heteroatoms. The van der Waals surface area contributed by atoms with Crippen molar-refractivity contribution in [3.05, 3.63) is 29.2 Å². The molecule has 2 saturated carbocycles. The molecule has 1 heterocycles. The van der Waals surface area contributed by atoms with E-state index < -0.39 is 0 Å². The summed E-state index contributed by atoms with van der Waals surface area (Å²) in [5, 5.41) is 11.8. The highest BCUT2D eigenvalue weighted by Gasteiger charge is 2.36. The van der Waals surface area contributed by atoms with Crippen LogP contribution in [0, 0.1) is 17.2 Å². The molecule has 0 unspecified atom stereocenters. The van der Waals surface area contributed by atoms with E-state index in [-0.39, 0.29) is 17.5 Å². The van der Waals surface area contributed by atoms with E-state index in [0.717, 1.165) is 25.0 Å². The number of rotatable bonds is 4. The average Bonchev–Trinajstić information content (AvgIpc) is 3.29. The smallest absolute Gasteiger partial charge is 0.262 e. The predicted octanol–water partition coefficient (Wildman–Crippen LogP) is 2.59. The van der Waals surface area contributed by atoms with Gasteiger partial charge in [-0.2, -0.15) is 5.26 Å². The van der Waals surface area contributed by atoms with Crippen molar-refractivity contribution in [3.63, 3.8) is 0 Å². The van der Waals surface area contributed by atoms with Crippen molar-refractivity contribution >= 4 is 12.0 Å². The maximum atomic E-state index is 11.8. The number of carbonyl (C=O) groups is 1. The van der Waals surface area contributed by atoms with Crippen LogP contribution in [-0.2, 0) is 4.79 Å². The Kier molecular flexibility index (Phi) is 2.90. The number of carbonyl (C=O) groups excluding carboxylic acids is 1. The highest BCUT2D eigenvalue weighted by molar-refractivity contribution is 6.01. The van der Waals surface area contributed by atoms with Gasteiger partial charge in [0.15, 0.2) is 0 Å². The van der Waals surface area contributed by atoms with Gasteiger partial charge in [-0.25, -0.2) is 0 Å². The topological polar surface area (TPSA) is 66.0 Å². The van der Waals surface area contributed by atoms with Gasteiger partial charge in [0, 0.05) is 18.0 Å². The molecule has 19 heavy (non-hydrogen) atoms. The van der Waals surface area contributed by atoms with Crippen LogP contribution in [0.5, 0.6) is 0 Å². The zero-order valence-electron chi connectivity index (χ0n) is 10.8. The van der Waals surface area contributed by atoms with Crippen LogP contribution in [0.4, 0.5) is 0 Å². The summed E-state index contributed by atoms with van der Waals surface area (Å²) < 4.78 is 5.67. The summed E-state index contributed by atoms with van der Waals surface area (Å²) in [5.41, 5.74) is 0.108. The molecule has 0 aromatic carbocycles. The fraction of sp³-hybridized carbons (Fsp3) is 0.467. The summed E-state index contributed by atoms with van der Waals surface area (Å²) in [4.78, 5) is 11.8. The van der Waals surface area contributed by atoms with E-state index in [1.54, 1.807) is 0 Å². The third-order valence-electron chi connectivity index (χ3n) is 3.69. The van der Waals surface area contributed by atoms with Crippen molar-refractivity contribution in [2.75, 3.05) is 0 Å². The van der Waals surface area contributed by atoms with Crippen molar-refractivity contribution in [1.29, 1.82) is 5.26 Å². The van der Waals surface area contributed by atoms with Crippen molar-refractivity contribution < 1.29 is 9.21 Å². The van der Waals surface area contributed by atoms with E-state index >= 15 is 0 Å². The molecule has 0 spiro atoms. The predicted molar refractivity (Wildman–Crippen MR) is 70.0 cm³/mol. The molecule has 1 aromatic rings. The lowest BCUT2D eigenvalue weighted by Gasteiger charge is -2.00. The second-order valence-electron chi connectivity index (χ2n) is 5.48. The second kappa shape index (κ2) is 4.58. The number of nitrogens with one attached hydrogen (secondary N) is 1. The molecule has 1 aromatic heterocycles. The van der Waals surface area contributed by atoms with E-state index in [2.05, 4.69) is 12.2 Å². The Morgan fingerprint density at radius 2 is 2.26 bits per heavy atom. The zero-order chi connectivity index (χ0) is 13.4. The average molecular weight is 256 g/mol. The normalized spacial score (nSPS) is 25.8. The lowest BCUT2D eigenvalue weighted by Crippen LogP contribution is -2.26. The van der Waals surface area contributed by atoms with Crippen LogP contribution in [0.25, 0.3) is 6.08 Å². The van der Waals surface area contributed by atoms with Crippen molar-refractivity contribution in [3.8, 4) is 6.07 Å². The van der Waals surface area contributed by atoms with Gasteiger partial charge in [0.1, 0.15) is 23.2 Å². The standard InChI is InChI=1S/C15H16N2O2/c1-9-6-13(9)14-5-4-12(19-14)7-10(8-16)15(18)17-11-2-3-11/h4-5,7,9,11,13H,2-3,6H2,1H3,(H,17,18)/b10-7+/t9-,13+/m1/s1. The number of furan rings is 1. The Hall–Kier alpha value is -2.02. The fourth-order valence-electron chi connectivity index (χ4n) is 2.15. The Bertz CT molecular complexity index is 575. The van der Waals surface area contributed by atoms with Gasteiger partial charge in [0.2, 0.25) is 0 Å². The fourth-order valence-corrected chi connectivity index (χ4v) is 2.15. The van der Waals surface area contributed by atoms with E-state index in [1.165, 1.54) is 6.08 Å². The van der Waals surface area contributed by atoms with Crippen molar-refractivity contribution in [1.82, 2.24) is 5.32 Å². The number of nitriles is 1. The third-order valence-corrected chi connectivity index (χ3v) is 3.69. The summed E-state index contributed by atoms with van der Waals surface area (Å²) in [6, 6.07) is 5.95. The summed E-state index contributed by atoms with van der Waals surface area (Å²) in [5.74, 6) is 2.42. The molecule has 0 saturated heterocycles. The lowest BCUT2D eigenvalue weighted by atomic mass is 10.2. The summed E-state index contributed by atoms with van der Waals surface area (Å²) in [6.45, 7) is 2.19. The summed E-state index contributed by atoms with van der Waals surface area (Å²) in [7, 11) is 0. The first-order valence-electron chi connectivity index (χ1n) is 6.70. The molecule has 2 aliphatic rings. The van der Waals surface area contributed by atoms with Crippen LogP contribution >= 0.6 is 0 Å². The molecular weight excluding hydrogens is 240 g/mol. The van der Waals surface area contributed by atoms with Gasteiger partial charge >= 0.3 is 0 Å². The summed E-state index contributed by atoms with van der Waals surface area (Å²) in [6.07, 6.45) is 4.70. The van der Waals surface area contributed by atoms with Crippen molar-refractivity contribution in [2.24, 2.45) is 5.92 Å². The van der Waals surface area contributed by atoms with Gasteiger partial charge in [0.05, 0.1) is 0 Å². The van der Waals surface area contributed by atoms with Crippen molar-refractivity contribution in [2.45, 2.75) is 38.1 Å². The van der Waals surface area contributed by atoms with Gasteiger partial charge < -0.3 is 9.73 Å². The van der Waals surface area contributed by atoms with Crippen LogP contribution in [0.2, 0.25) is 0 Å². The molecule has 0 radical (unpaired) electrons. The lowest BCUT2D eigenvalue weighted by molar-refractivity contribution is -0.117. The molecule has 0 bridgehead atoms. The van der Waals surface area contributed by atoms with E-state index in [4.69, 9.17) is 9.68 Å². The third kappa shape index (κ3) is 2.70. The van der Waals surface area contributed by atoms with E-state index in [9.17, 15) is 4.79 Å². The van der Waals surface area contributed by atoms with Gasteiger partial charge in [-0.1, -0.05) is 6.92 Å². The first-order valence-corrected chi connectivity index (χ1v) is 6.70. The molecule has 4 nitrogen and oxygen atoms in total. The van der Waals surface area contributed by atoms with Crippen LogP contribution < -0.4 is 5.32 Å². The van der Waals surface area contributed by atoms with Crippen LogP contribution in [0.1, 0.15) is 43.6 Å². The number of hydrogen-bond acceptors (Lipinski definition) is 3. The molecule has 1 N–H and O–H groups in total. The van der Waals surface area contributed by atoms with Crippen LogP contribution in [0.3, 0.4) is 0 Å². The highest BCUT2D eigenvalue weighted by Crippen LogP contribution is 2.47. The Labute approximate surface area is 112 Å². The number of hydrogen-bond donors (Lipinski definition) is 1. The SMILES string of the molecule is C[C@@H]1C[C@@H]1c1ccc(/C=C(\C#N)C(=O)NC2CC2)o1. The van der Waals surface area contributed by atoms with Crippen LogP contribution in [-0.4, -0.2) is 11.9 Å². The van der Waals surface area contributed by atoms with Gasteiger partial charge in [-0.3, -0.25) is 4.79 Å².